The van der Waals surface area contributed by atoms with Crippen molar-refractivity contribution in [2.24, 2.45) is 0 Å². The van der Waals surface area contributed by atoms with Gasteiger partial charge in [-0.1, -0.05) is 42.5 Å². The van der Waals surface area contributed by atoms with E-state index in [1.807, 2.05) is 62.1 Å². The summed E-state index contributed by atoms with van der Waals surface area (Å²) in [6.45, 7) is 7.34. The van der Waals surface area contributed by atoms with E-state index in [0.29, 0.717) is 13.1 Å². The summed E-state index contributed by atoms with van der Waals surface area (Å²) in [5.74, 6) is 0.692. The minimum absolute atomic E-state index is 0.0101. The van der Waals surface area contributed by atoms with Crippen molar-refractivity contribution in [3.63, 3.8) is 0 Å². The molecule has 0 bridgehead atoms. The maximum atomic E-state index is 12.6. The molecule has 1 saturated heterocycles. The molecule has 1 aliphatic rings. The Labute approximate surface area is 178 Å². The smallest absolute Gasteiger partial charge is 0.260 e. The monoisotopic (exact) mass is 406 g/mol. The van der Waals surface area contributed by atoms with Crippen LogP contribution in [0.4, 0.5) is 0 Å². The lowest BCUT2D eigenvalue weighted by atomic mass is 10.0. The lowest BCUT2D eigenvalue weighted by Crippen LogP contribution is -2.47. The van der Waals surface area contributed by atoms with Gasteiger partial charge in [-0.3, -0.25) is 9.59 Å². The third kappa shape index (κ3) is 5.72. The molecule has 0 spiro atoms. The quantitative estimate of drug-likeness (QED) is 0.742. The number of nitrogens with zero attached hydrogens (tertiary/aromatic N) is 1. The Hall–Kier alpha value is -3.08. The highest BCUT2D eigenvalue weighted by atomic mass is 16.5. The number of nitrogens with one attached hydrogen (secondary N) is 1. The van der Waals surface area contributed by atoms with Crippen LogP contribution < -0.4 is 10.1 Å². The van der Waals surface area contributed by atoms with Gasteiger partial charge in [-0.25, -0.2) is 0 Å². The van der Waals surface area contributed by atoms with Crippen molar-refractivity contribution in [3.05, 3.63) is 70.8 Å². The van der Waals surface area contributed by atoms with Crippen molar-refractivity contribution in [3.8, 4) is 5.75 Å². The zero-order chi connectivity index (χ0) is 21.5. The molecule has 0 aliphatic carbocycles. The molecule has 30 heavy (non-hydrogen) atoms. The fourth-order valence-electron chi connectivity index (χ4n) is 3.63. The molecule has 1 aliphatic heterocycles. The van der Waals surface area contributed by atoms with Gasteiger partial charge in [0, 0.05) is 25.2 Å². The minimum atomic E-state index is -0.0997. The molecule has 1 heterocycles. The summed E-state index contributed by atoms with van der Waals surface area (Å²) >= 11 is 0. The summed E-state index contributed by atoms with van der Waals surface area (Å²) in [4.78, 5) is 26.5. The number of carbonyl (C=O) groups is 2. The van der Waals surface area contributed by atoms with Gasteiger partial charge in [-0.2, -0.15) is 0 Å². The van der Waals surface area contributed by atoms with Gasteiger partial charge in [0.2, 0.25) is 5.91 Å². The van der Waals surface area contributed by atoms with E-state index in [1.165, 1.54) is 0 Å². The minimum Gasteiger partial charge on any atom is -0.483 e. The molecule has 0 aromatic heterocycles. The number of benzene rings is 2. The van der Waals surface area contributed by atoms with E-state index in [4.69, 9.17) is 4.74 Å². The largest absolute Gasteiger partial charge is 0.483 e. The predicted molar refractivity (Wildman–Crippen MR) is 119 cm³/mol. The molecule has 158 valence electrons. The molecule has 2 aromatic rings. The Morgan fingerprint density at radius 1 is 1.03 bits per heavy atom. The van der Waals surface area contributed by atoms with Crippen molar-refractivity contribution in [1.82, 2.24) is 10.2 Å². The average Bonchev–Trinajstić information content (AvgIpc) is 2.76. The molecule has 1 fully saturated rings. The maximum Gasteiger partial charge on any atom is 0.260 e. The van der Waals surface area contributed by atoms with Gasteiger partial charge in [0.15, 0.2) is 6.61 Å². The number of rotatable bonds is 6. The predicted octanol–water partition coefficient (Wildman–Crippen LogP) is 3.81. The molecule has 0 atom stereocenters. The Morgan fingerprint density at radius 3 is 2.40 bits per heavy atom. The Balaban J connectivity index is 1.44. The van der Waals surface area contributed by atoms with Gasteiger partial charge in [-0.15, -0.1) is 0 Å². The van der Waals surface area contributed by atoms with Crippen LogP contribution in [-0.2, 0) is 9.59 Å². The third-order valence-corrected chi connectivity index (χ3v) is 5.63. The van der Waals surface area contributed by atoms with Gasteiger partial charge in [-0.05, 0) is 61.9 Å². The second-order valence-corrected chi connectivity index (χ2v) is 7.85. The van der Waals surface area contributed by atoms with E-state index in [0.717, 1.165) is 40.8 Å². The topological polar surface area (TPSA) is 58.6 Å². The number of hydrogen-bond donors (Lipinski definition) is 1. The summed E-state index contributed by atoms with van der Waals surface area (Å²) in [7, 11) is 0. The van der Waals surface area contributed by atoms with Gasteiger partial charge < -0.3 is 15.0 Å². The van der Waals surface area contributed by atoms with Crippen LogP contribution in [0.1, 0.15) is 35.1 Å². The Bertz CT molecular complexity index is 913. The van der Waals surface area contributed by atoms with Crippen molar-refractivity contribution in [2.45, 2.75) is 39.7 Å². The lowest BCUT2D eigenvalue weighted by Gasteiger charge is -2.32. The number of hydrogen-bond acceptors (Lipinski definition) is 3. The van der Waals surface area contributed by atoms with Crippen LogP contribution in [0.15, 0.2) is 48.5 Å². The van der Waals surface area contributed by atoms with Crippen LogP contribution >= 0.6 is 0 Å². The molecule has 5 nitrogen and oxygen atoms in total. The number of ether oxygens (including phenoxy) is 1. The van der Waals surface area contributed by atoms with Gasteiger partial charge in [0.25, 0.3) is 5.91 Å². The molecular weight excluding hydrogens is 376 g/mol. The van der Waals surface area contributed by atoms with Gasteiger partial charge >= 0.3 is 0 Å². The van der Waals surface area contributed by atoms with E-state index in [-0.39, 0.29) is 24.5 Å². The van der Waals surface area contributed by atoms with Gasteiger partial charge in [0.1, 0.15) is 5.75 Å². The van der Waals surface area contributed by atoms with Crippen LogP contribution in [0.25, 0.3) is 6.08 Å². The maximum absolute atomic E-state index is 12.6. The van der Waals surface area contributed by atoms with Crippen molar-refractivity contribution in [2.75, 3.05) is 19.7 Å². The molecule has 0 radical (unpaired) electrons. The molecule has 0 unspecified atom stereocenters. The summed E-state index contributed by atoms with van der Waals surface area (Å²) in [5.41, 5.74) is 4.26. The fraction of sp³-hybridized carbons (Fsp3) is 0.360. The first-order chi connectivity index (χ1) is 14.4. The molecule has 3 rings (SSSR count). The summed E-state index contributed by atoms with van der Waals surface area (Å²) in [6.07, 6.45) is 4.87. The van der Waals surface area contributed by atoms with E-state index >= 15 is 0 Å². The SMILES string of the molecule is Cc1ccc(C)c(OCC(=O)N2CCC(NC(=O)/C=C/c3ccccc3)CC2)c1C. The standard InChI is InChI=1S/C25H30N2O3/c1-18-9-10-19(2)25(20(18)3)30-17-24(29)27-15-13-22(14-16-27)26-23(28)12-11-21-7-5-4-6-8-21/h4-12,22H,13-17H2,1-3H3,(H,26,28)/b12-11+. The average molecular weight is 407 g/mol. The van der Waals surface area contributed by atoms with E-state index in [1.54, 1.807) is 12.2 Å². The van der Waals surface area contributed by atoms with Crippen LogP contribution in [0.3, 0.4) is 0 Å². The number of piperidine rings is 1. The number of likely N-dealkylation sites (tertiary alicyclic amines) is 1. The Morgan fingerprint density at radius 2 is 1.70 bits per heavy atom. The molecule has 1 N–H and O–H groups in total. The molecular formula is C25H30N2O3. The fourth-order valence-corrected chi connectivity index (χ4v) is 3.63. The summed E-state index contributed by atoms with van der Waals surface area (Å²) in [5, 5.41) is 3.03. The summed E-state index contributed by atoms with van der Waals surface area (Å²) < 4.78 is 5.86. The van der Waals surface area contributed by atoms with Crippen molar-refractivity contribution < 1.29 is 14.3 Å². The van der Waals surface area contributed by atoms with Crippen molar-refractivity contribution in [1.29, 1.82) is 0 Å². The Kier molecular flexibility index (Phi) is 7.28. The number of amides is 2. The zero-order valence-electron chi connectivity index (χ0n) is 18.0. The van der Waals surface area contributed by atoms with Crippen LogP contribution in [0, 0.1) is 20.8 Å². The van der Waals surface area contributed by atoms with E-state index in [2.05, 4.69) is 11.4 Å². The van der Waals surface area contributed by atoms with Crippen LogP contribution in [-0.4, -0.2) is 42.5 Å². The zero-order valence-corrected chi connectivity index (χ0v) is 18.0. The summed E-state index contributed by atoms with van der Waals surface area (Å²) in [6, 6.07) is 13.9. The number of aryl methyl sites for hydroxylation is 2. The lowest BCUT2D eigenvalue weighted by molar-refractivity contribution is -0.134. The number of carbonyl (C=O) groups excluding carboxylic acids is 2. The molecule has 0 saturated carbocycles. The molecule has 2 amide bonds. The van der Waals surface area contributed by atoms with Crippen LogP contribution in [0.5, 0.6) is 5.75 Å². The normalized spacial score (nSPS) is 14.7. The van der Waals surface area contributed by atoms with Crippen LogP contribution in [0.2, 0.25) is 0 Å². The molecule has 2 aromatic carbocycles. The molecule has 5 heteroatoms. The highest BCUT2D eigenvalue weighted by molar-refractivity contribution is 5.91. The van der Waals surface area contributed by atoms with Crippen molar-refractivity contribution >= 4 is 17.9 Å². The third-order valence-electron chi connectivity index (χ3n) is 5.63. The second-order valence-electron chi connectivity index (χ2n) is 7.85. The first kappa shape index (κ1) is 21.6. The highest BCUT2D eigenvalue weighted by Gasteiger charge is 2.24. The highest BCUT2D eigenvalue weighted by Crippen LogP contribution is 2.25. The van der Waals surface area contributed by atoms with E-state index in [9.17, 15) is 9.59 Å². The second kappa shape index (κ2) is 10.1. The first-order valence-corrected chi connectivity index (χ1v) is 10.4. The first-order valence-electron chi connectivity index (χ1n) is 10.4. The van der Waals surface area contributed by atoms with Gasteiger partial charge in [0.05, 0.1) is 0 Å². The van der Waals surface area contributed by atoms with E-state index < -0.39 is 0 Å².